The Labute approximate surface area is 218 Å². The van der Waals surface area contributed by atoms with Crippen molar-refractivity contribution in [2.75, 3.05) is 43.1 Å². The Morgan fingerprint density at radius 3 is 2.50 bits per heavy atom. The largest absolute Gasteiger partial charge is 0.466 e. The number of anilines is 2. The summed E-state index contributed by atoms with van der Waals surface area (Å²) in [5.41, 5.74) is 1.78. The zero-order chi connectivity index (χ0) is 26.0. The summed E-state index contributed by atoms with van der Waals surface area (Å²) in [5.74, 6) is -1.66. The van der Waals surface area contributed by atoms with Gasteiger partial charge >= 0.3 is 5.97 Å². The normalized spacial score (nSPS) is 30.4. The molecule has 4 rings (SSSR count). The minimum atomic E-state index is -0.680. The molecule has 36 heavy (non-hydrogen) atoms. The first kappa shape index (κ1) is 26.8. The van der Waals surface area contributed by atoms with Crippen LogP contribution in [0.5, 0.6) is 0 Å². The first-order chi connectivity index (χ1) is 17.3. The molecule has 198 valence electrons. The molecule has 1 aromatic rings. The van der Waals surface area contributed by atoms with Gasteiger partial charge in [0.15, 0.2) is 0 Å². The standard InChI is InChI=1S/C27H39N3O5S/c1-5-29(6-2)19-12-10-18(11-13-19)28-24(32)23-27-17(4)16-20(36-27)21(26(34)35-7-3)22(27)25(33)30(23)14-8-9-15-31/h10-13,17,20-23,31H,5-9,14-16H2,1-4H3,(H,28,32)/t17?,20-,21+,22+,23?,27?/m1/s1. The van der Waals surface area contributed by atoms with Crippen LogP contribution in [0.1, 0.15) is 47.0 Å². The van der Waals surface area contributed by atoms with Gasteiger partial charge in [-0.1, -0.05) is 6.92 Å². The van der Waals surface area contributed by atoms with E-state index in [1.54, 1.807) is 23.6 Å². The Balaban J connectivity index is 1.64. The lowest BCUT2D eigenvalue weighted by Crippen LogP contribution is -2.54. The first-order valence-electron chi connectivity index (χ1n) is 13.3. The van der Waals surface area contributed by atoms with Crippen molar-refractivity contribution >= 4 is 40.9 Å². The van der Waals surface area contributed by atoms with Gasteiger partial charge in [0.1, 0.15) is 6.04 Å². The lowest BCUT2D eigenvalue weighted by Gasteiger charge is -2.38. The van der Waals surface area contributed by atoms with E-state index < -0.39 is 22.6 Å². The quantitative estimate of drug-likeness (QED) is 0.344. The van der Waals surface area contributed by atoms with Crippen LogP contribution in [0.25, 0.3) is 0 Å². The van der Waals surface area contributed by atoms with Crippen LogP contribution in [0.15, 0.2) is 24.3 Å². The number of rotatable bonds is 11. The van der Waals surface area contributed by atoms with Gasteiger partial charge in [-0.25, -0.2) is 0 Å². The van der Waals surface area contributed by atoms with Crippen molar-refractivity contribution in [1.82, 2.24) is 4.90 Å². The highest BCUT2D eigenvalue weighted by Crippen LogP contribution is 2.68. The van der Waals surface area contributed by atoms with E-state index in [-0.39, 0.29) is 42.2 Å². The predicted octanol–water partition coefficient (Wildman–Crippen LogP) is 3.14. The van der Waals surface area contributed by atoms with Gasteiger partial charge in [0, 0.05) is 42.9 Å². The third-order valence-corrected chi connectivity index (χ3v) is 10.2. The summed E-state index contributed by atoms with van der Waals surface area (Å²) in [6.07, 6.45) is 1.93. The highest BCUT2D eigenvalue weighted by atomic mass is 32.2. The van der Waals surface area contributed by atoms with Crippen molar-refractivity contribution in [2.45, 2.75) is 63.0 Å². The van der Waals surface area contributed by atoms with E-state index in [0.717, 1.165) is 25.2 Å². The van der Waals surface area contributed by atoms with Crippen molar-refractivity contribution in [3.8, 4) is 0 Å². The van der Waals surface area contributed by atoms with Gasteiger partial charge in [0.05, 0.1) is 23.2 Å². The van der Waals surface area contributed by atoms with Crippen molar-refractivity contribution in [3.05, 3.63) is 24.3 Å². The van der Waals surface area contributed by atoms with Crippen molar-refractivity contribution < 1.29 is 24.2 Å². The maximum absolute atomic E-state index is 13.9. The SMILES string of the molecule is CCOC(=O)[C@@H]1[C@H]2C(=O)N(CCCCO)C(C(=O)Nc3ccc(N(CC)CC)cc3)C23S[C@@H]1CC3C. The number of likely N-dealkylation sites (tertiary alicyclic amines) is 1. The third kappa shape index (κ3) is 4.38. The van der Waals surface area contributed by atoms with Crippen LogP contribution in [-0.2, 0) is 19.1 Å². The van der Waals surface area contributed by atoms with Crippen LogP contribution in [-0.4, -0.2) is 76.7 Å². The van der Waals surface area contributed by atoms with Crippen molar-refractivity contribution in [3.63, 3.8) is 0 Å². The lowest BCUT2D eigenvalue weighted by molar-refractivity contribution is -0.154. The molecule has 9 heteroatoms. The molecule has 6 atom stereocenters. The number of esters is 1. The number of hydrogen-bond donors (Lipinski definition) is 2. The van der Waals surface area contributed by atoms with Crippen LogP contribution in [0, 0.1) is 17.8 Å². The van der Waals surface area contributed by atoms with Crippen molar-refractivity contribution in [1.29, 1.82) is 0 Å². The number of nitrogens with one attached hydrogen (secondary N) is 1. The number of aliphatic hydroxyl groups excluding tert-OH is 1. The molecule has 2 amide bonds. The zero-order valence-electron chi connectivity index (χ0n) is 21.7. The topological polar surface area (TPSA) is 99.2 Å². The van der Waals surface area contributed by atoms with Crippen LogP contribution in [0.4, 0.5) is 11.4 Å². The summed E-state index contributed by atoms with van der Waals surface area (Å²) in [6.45, 7) is 10.6. The number of fused-ring (bicyclic) bond motifs is 1. The van der Waals surface area contributed by atoms with Crippen LogP contribution < -0.4 is 10.2 Å². The summed E-state index contributed by atoms with van der Waals surface area (Å²) in [4.78, 5) is 44.6. The van der Waals surface area contributed by atoms with E-state index in [9.17, 15) is 19.5 Å². The second kappa shape index (κ2) is 11.0. The summed E-state index contributed by atoms with van der Waals surface area (Å²) >= 11 is 1.65. The van der Waals surface area contributed by atoms with Crippen LogP contribution in [0.3, 0.4) is 0 Å². The predicted molar refractivity (Wildman–Crippen MR) is 142 cm³/mol. The minimum Gasteiger partial charge on any atom is -0.466 e. The average molecular weight is 518 g/mol. The number of hydrogen-bond acceptors (Lipinski definition) is 7. The van der Waals surface area contributed by atoms with Gasteiger partial charge in [-0.2, -0.15) is 0 Å². The second-order valence-corrected chi connectivity index (χ2v) is 11.5. The Kier molecular flexibility index (Phi) is 8.19. The number of nitrogens with zero attached hydrogens (tertiary/aromatic N) is 2. The summed E-state index contributed by atoms with van der Waals surface area (Å²) in [6, 6.07) is 7.12. The van der Waals surface area contributed by atoms with Gasteiger partial charge in [-0.3, -0.25) is 14.4 Å². The summed E-state index contributed by atoms with van der Waals surface area (Å²) < 4.78 is 4.72. The number of carbonyl (C=O) groups is 3. The molecule has 0 saturated carbocycles. The lowest BCUT2D eigenvalue weighted by atomic mass is 9.66. The molecule has 8 nitrogen and oxygen atoms in total. The number of thioether (sulfide) groups is 1. The van der Waals surface area contributed by atoms with Crippen LogP contribution >= 0.6 is 11.8 Å². The molecule has 3 heterocycles. The van der Waals surface area contributed by atoms with E-state index >= 15 is 0 Å². The maximum Gasteiger partial charge on any atom is 0.310 e. The van der Waals surface area contributed by atoms with Gasteiger partial charge in [0.2, 0.25) is 11.8 Å². The molecule has 3 fully saturated rings. The number of benzene rings is 1. The Morgan fingerprint density at radius 2 is 1.89 bits per heavy atom. The number of carbonyl (C=O) groups excluding carboxylic acids is 3. The molecule has 3 saturated heterocycles. The number of unbranched alkanes of at least 4 members (excludes halogenated alkanes) is 1. The van der Waals surface area contributed by atoms with Crippen molar-refractivity contribution in [2.24, 2.45) is 17.8 Å². The average Bonchev–Trinajstić information content (AvgIpc) is 3.45. The van der Waals surface area contributed by atoms with E-state index in [2.05, 4.69) is 31.0 Å². The van der Waals surface area contributed by atoms with Gasteiger partial charge in [0.25, 0.3) is 0 Å². The fraction of sp³-hybridized carbons (Fsp3) is 0.667. The highest BCUT2D eigenvalue weighted by molar-refractivity contribution is 8.02. The molecule has 3 aliphatic rings. The molecule has 1 aromatic carbocycles. The second-order valence-electron chi connectivity index (χ2n) is 9.98. The number of amides is 2. The van der Waals surface area contributed by atoms with E-state index in [0.29, 0.717) is 25.1 Å². The zero-order valence-corrected chi connectivity index (χ0v) is 22.6. The fourth-order valence-corrected chi connectivity index (χ4v) is 8.93. The molecule has 1 spiro atoms. The molecule has 3 unspecified atom stereocenters. The molecular weight excluding hydrogens is 478 g/mol. The monoisotopic (exact) mass is 517 g/mol. The smallest absolute Gasteiger partial charge is 0.310 e. The van der Waals surface area contributed by atoms with Gasteiger partial charge in [-0.15, -0.1) is 11.8 Å². The van der Waals surface area contributed by atoms with Gasteiger partial charge in [-0.05, 0) is 70.2 Å². The first-order valence-corrected chi connectivity index (χ1v) is 14.1. The van der Waals surface area contributed by atoms with Gasteiger partial charge < -0.3 is 25.0 Å². The minimum absolute atomic E-state index is 0.0174. The van der Waals surface area contributed by atoms with E-state index in [1.165, 1.54) is 0 Å². The third-order valence-electron chi connectivity index (χ3n) is 8.12. The molecule has 2 bridgehead atoms. The Morgan fingerprint density at radius 1 is 1.19 bits per heavy atom. The molecular formula is C27H39N3O5S. The van der Waals surface area contributed by atoms with E-state index in [4.69, 9.17) is 4.74 Å². The molecule has 0 aromatic heterocycles. The van der Waals surface area contributed by atoms with Crippen LogP contribution in [0.2, 0.25) is 0 Å². The highest BCUT2D eigenvalue weighted by Gasteiger charge is 2.76. The fourth-order valence-electron chi connectivity index (χ4n) is 6.52. The molecule has 2 N–H and O–H groups in total. The molecule has 0 aliphatic carbocycles. The number of ether oxygens (including phenoxy) is 1. The summed E-state index contributed by atoms with van der Waals surface area (Å²) in [5, 5.41) is 12.4. The molecule has 3 aliphatic heterocycles. The maximum atomic E-state index is 13.9. The van der Waals surface area contributed by atoms with E-state index in [1.807, 2.05) is 24.3 Å². The number of aliphatic hydroxyl groups is 1. The Hall–Kier alpha value is -2.26. The summed E-state index contributed by atoms with van der Waals surface area (Å²) in [7, 11) is 0. The Bertz CT molecular complexity index is 969. The molecule has 0 radical (unpaired) electrons.